The predicted octanol–water partition coefficient (Wildman–Crippen LogP) is 3.56. The fourth-order valence-electron chi connectivity index (χ4n) is 2.45. The Labute approximate surface area is 130 Å². The van der Waals surface area contributed by atoms with Gasteiger partial charge in [0.05, 0.1) is 11.0 Å². The quantitative estimate of drug-likeness (QED) is 0.798. The van der Waals surface area contributed by atoms with E-state index < -0.39 is 9.84 Å². The summed E-state index contributed by atoms with van der Waals surface area (Å²) in [6.45, 7) is 10.7. The Morgan fingerprint density at radius 1 is 1.10 bits per heavy atom. The van der Waals surface area contributed by atoms with Crippen molar-refractivity contribution in [3.8, 4) is 0 Å². The van der Waals surface area contributed by atoms with Crippen LogP contribution in [-0.2, 0) is 9.84 Å². The lowest BCUT2D eigenvalue weighted by Crippen LogP contribution is -2.32. The fourth-order valence-corrected chi connectivity index (χ4v) is 4.06. The molecular formula is C17H29NO2S. The molecular weight excluding hydrogens is 282 g/mol. The van der Waals surface area contributed by atoms with Crippen molar-refractivity contribution in [3.63, 3.8) is 0 Å². The Hall–Kier alpha value is -0.870. The molecule has 2 atom stereocenters. The van der Waals surface area contributed by atoms with Gasteiger partial charge in [-0.25, -0.2) is 8.42 Å². The van der Waals surface area contributed by atoms with E-state index in [4.69, 9.17) is 0 Å². The van der Waals surface area contributed by atoms with Gasteiger partial charge in [0.15, 0.2) is 9.84 Å². The highest BCUT2D eigenvalue weighted by molar-refractivity contribution is 7.92. The first-order valence-corrected chi connectivity index (χ1v) is 9.54. The van der Waals surface area contributed by atoms with Gasteiger partial charge in [0, 0.05) is 6.04 Å². The number of benzene rings is 1. The number of hydrogen-bond donors (Lipinski definition) is 1. The molecule has 0 radical (unpaired) electrons. The minimum atomic E-state index is -3.08. The minimum absolute atomic E-state index is 0.123. The molecule has 0 aliphatic heterocycles. The Morgan fingerprint density at radius 3 is 2.14 bits per heavy atom. The molecule has 0 saturated carbocycles. The Morgan fingerprint density at radius 2 is 1.67 bits per heavy atom. The first-order valence-electron chi connectivity index (χ1n) is 7.83. The third-order valence-corrected chi connectivity index (χ3v) is 6.23. The molecule has 0 aliphatic carbocycles. The van der Waals surface area contributed by atoms with E-state index in [1.165, 1.54) is 11.1 Å². The molecule has 0 heterocycles. The van der Waals surface area contributed by atoms with Crippen LogP contribution in [0, 0.1) is 13.8 Å². The molecule has 0 saturated heterocycles. The van der Waals surface area contributed by atoms with Crippen LogP contribution in [0.1, 0.15) is 56.3 Å². The lowest BCUT2D eigenvalue weighted by atomic mass is 10.0. The van der Waals surface area contributed by atoms with Gasteiger partial charge in [-0.05, 0) is 45.7 Å². The SMILES string of the molecule is CCCNC(CS(=O)(=O)C(C)CC)c1cc(C)cc(C)c1. The van der Waals surface area contributed by atoms with Crippen molar-refractivity contribution in [1.82, 2.24) is 5.32 Å². The summed E-state index contributed by atoms with van der Waals surface area (Å²) in [7, 11) is -3.08. The monoisotopic (exact) mass is 311 g/mol. The van der Waals surface area contributed by atoms with Gasteiger partial charge in [-0.1, -0.05) is 43.2 Å². The number of rotatable bonds is 8. The van der Waals surface area contributed by atoms with Crippen LogP contribution in [0.3, 0.4) is 0 Å². The third-order valence-electron chi connectivity index (χ3n) is 3.87. The van der Waals surface area contributed by atoms with E-state index in [-0.39, 0.29) is 17.0 Å². The van der Waals surface area contributed by atoms with Crippen LogP contribution in [0.25, 0.3) is 0 Å². The molecule has 0 aliphatic rings. The number of sulfone groups is 1. The summed E-state index contributed by atoms with van der Waals surface area (Å²) < 4.78 is 24.9. The minimum Gasteiger partial charge on any atom is -0.309 e. The summed E-state index contributed by atoms with van der Waals surface area (Å²) >= 11 is 0. The highest BCUT2D eigenvalue weighted by Gasteiger charge is 2.25. The van der Waals surface area contributed by atoms with Crippen LogP contribution in [0.2, 0.25) is 0 Å². The van der Waals surface area contributed by atoms with Gasteiger partial charge in [-0.15, -0.1) is 0 Å². The molecule has 1 N–H and O–H groups in total. The maximum atomic E-state index is 12.4. The van der Waals surface area contributed by atoms with Gasteiger partial charge in [-0.3, -0.25) is 0 Å². The summed E-state index contributed by atoms with van der Waals surface area (Å²) in [6.07, 6.45) is 1.65. The van der Waals surface area contributed by atoms with Crippen molar-refractivity contribution in [2.24, 2.45) is 0 Å². The molecule has 0 bridgehead atoms. The summed E-state index contributed by atoms with van der Waals surface area (Å²) in [5.74, 6) is 0.172. The van der Waals surface area contributed by atoms with Crippen molar-refractivity contribution in [2.75, 3.05) is 12.3 Å². The van der Waals surface area contributed by atoms with Gasteiger partial charge in [0.25, 0.3) is 0 Å². The first kappa shape index (κ1) is 18.2. The smallest absolute Gasteiger partial charge is 0.154 e. The second-order valence-electron chi connectivity index (χ2n) is 5.98. The van der Waals surface area contributed by atoms with Crippen molar-refractivity contribution < 1.29 is 8.42 Å². The highest BCUT2D eigenvalue weighted by atomic mass is 32.2. The molecule has 0 fully saturated rings. The van der Waals surface area contributed by atoms with Crippen LogP contribution in [0.5, 0.6) is 0 Å². The van der Waals surface area contributed by atoms with Gasteiger partial charge in [0.2, 0.25) is 0 Å². The van der Waals surface area contributed by atoms with Crippen molar-refractivity contribution >= 4 is 9.84 Å². The highest BCUT2D eigenvalue weighted by Crippen LogP contribution is 2.21. The van der Waals surface area contributed by atoms with E-state index in [2.05, 4.69) is 44.3 Å². The molecule has 0 aromatic heterocycles. The van der Waals surface area contributed by atoms with Gasteiger partial charge >= 0.3 is 0 Å². The van der Waals surface area contributed by atoms with Crippen LogP contribution in [-0.4, -0.2) is 26.0 Å². The molecule has 0 spiro atoms. The van der Waals surface area contributed by atoms with Gasteiger partial charge in [0.1, 0.15) is 0 Å². The predicted molar refractivity (Wildman–Crippen MR) is 90.5 cm³/mol. The second-order valence-corrected chi connectivity index (χ2v) is 8.44. The summed E-state index contributed by atoms with van der Waals surface area (Å²) in [6, 6.07) is 6.17. The average molecular weight is 311 g/mol. The van der Waals surface area contributed by atoms with Crippen LogP contribution >= 0.6 is 0 Å². The second kappa shape index (κ2) is 7.95. The molecule has 2 unspecified atom stereocenters. The maximum Gasteiger partial charge on any atom is 0.154 e. The summed E-state index contributed by atoms with van der Waals surface area (Å²) in [5.41, 5.74) is 3.43. The third kappa shape index (κ3) is 5.44. The molecule has 1 aromatic rings. The Balaban J connectivity index is 3.05. The van der Waals surface area contributed by atoms with E-state index in [0.717, 1.165) is 18.5 Å². The van der Waals surface area contributed by atoms with Crippen LogP contribution < -0.4 is 5.32 Å². The topological polar surface area (TPSA) is 46.2 Å². The van der Waals surface area contributed by atoms with E-state index in [1.54, 1.807) is 6.92 Å². The normalized spacial score (nSPS) is 14.9. The van der Waals surface area contributed by atoms with Crippen LogP contribution in [0.4, 0.5) is 0 Å². The number of aryl methyl sites for hydroxylation is 2. The lowest BCUT2D eigenvalue weighted by Gasteiger charge is -2.22. The molecule has 120 valence electrons. The Bertz CT molecular complexity index is 532. The lowest BCUT2D eigenvalue weighted by molar-refractivity contribution is 0.538. The van der Waals surface area contributed by atoms with E-state index in [1.807, 2.05) is 6.92 Å². The standard InChI is InChI=1S/C17H29NO2S/c1-6-8-18-17(12-21(19,20)15(5)7-2)16-10-13(3)9-14(4)11-16/h9-11,15,17-18H,6-8,12H2,1-5H3. The molecule has 1 aromatic carbocycles. The average Bonchev–Trinajstić information content (AvgIpc) is 2.41. The molecule has 21 heavy (non-hydrogen) atoms. The first-order chi connectivity index (χ1) is 9.80. The molecule has 1 rings (SSSR count). The largest absolute Gasteiger partial charge is 0.309 e. The van der Waals surface area contributed by atoms with E-state index in [9.17, 15) is 8.42 Å². The molecule has 3 nitrogen and oxygen atoms in total. The Kier molecular flexibility index (Phi) is 6.88. The zero-order valence-corrected chi connectivity index (χ0v) is 14.8. The van der Waals surface area contributed by atoms with Crippen molar-refractivity contribution in [2.45, 2.75) is 58.8 Å². The fraction of sp³-hybridized carbons (Fsp3) is 0.647. The van der Waals surface area contributed by atoms with E-state index in [0.29, 0.717) is 6.42 Å². The molecule has 4 heteroatoms. The zero-order valence-electron chi connectivity index (χ0n) is 13.9. The van der Waals surface area contributed by atoms with Gasteiger partial charge < -0.3 is 5.32 Å². The summed E-state index contributed by atoms with van der Waals surface area (Å²) in [4.78, 5) is 0. The summed E-state index contributed by atoms with van der Waals surface area (Å²) in [5, 5.41) is 3.11. The molecule has 0 amide bonds. The van der Waals surface area contributed by atoms with Crippen molar-refractivity contribution in [3.05, 3.63) is 34.9 Å². The van der Waals surface area contributed by atoms with Gasteiger partial charge in [-0.2, -0.15) is 0 Å². The maximum absolute atomic E-state index is 12.4. The van der Waals surface area contributed by atoms with E-state index >= 15 is 0 Å². The number of nitrogens with one attached hydrogen (secondary N) is 1. The van der Waals surface area contributed by atoms with Crippen LogP contribution in [0.15, 0.2) is 18.2 Å². The zero-order chi connectivity index (χ0) is 16.0. The number of hydrogen-bond acceptors (Lipinski definition) is 3. The van der Waals surface area contributed by atoms with Crippen molar-refractivity contribution in [1.29, 1.82) is 0 Å².